The van der Waals surface area contributed by atoms with Crippen LogP contribution in [0.2, 0.25) is 0 Å². The van der Waals surface area contributed by atoms with Crippen LogP contribution in [0.4, 0.5) is 26.4 Å². The second-order valence-corrected chi connectivity index (χ2v) is 8.10. The molecular weight excluding hydrogens is 428 g/mol. The van der Waals surface area contributed by atoms with Crippen molar-refractivity contribution in [2.24, 2.45) is 0 Å². The highest BCUT2D eigenvalue weighted by molar-refractivity contribution is 5.52. The standard InChI is InChI=1S/C22H27F2N9/c1-15-16(14-26-33(15)22-28-20(25)27-21(29-22)30(2)3)5-4-6-31-7-9-32(10-8-31)19-12-17(23)11-18(24)13-19/h4-5,11-14H,6-10H2,1-3H3,(H2,25,27,28,29). The molecule has 3 aromatic rings. The fourth-order valence-electron chi connectivity index (χ4n) is 3.69. The van der Waals surface area contributed by atoms with Gasteiger partial charge >= 0.3 is 0 Å². The summed E-state index contributed by atoms with van der Waals surface area (Å²) in [7, 11) is 3.66. The Labute approximate surface area is 191 Å². The first-order valence-electron chi connectivity index (χ1n) is 10.6. The van der Waals surface area contributed by atoms with Crippen molar-refractivity contribution in [1.29, 1.82) is 0 Å². The molecule has 0 bridgehead atoms. The maximum absolute atomic E-state index is 13.5. The molecule has 0 amide bonds. The molecule has 11 heteroatoms. The summed E-state index contributed by atoms with van der Waals surface area (Å²) in [5.41, 5.74) is 8.25. The second-order valence-electron chi connectivity index (χ2n) is 8.10. The number of rotatable bonds is 6. The van der Waals surface area contributed by atoms with E-state index in [1.54, 1.807) is 15.8 Å². The van der Waals surface area contributed by atoms with Crippen LogP contribution >= 0.6 is 0 Å². The van der Waals surface area contributed by atoms with Gasteiger partial charge in [0.1, 0.15) is 11.6 Å². The molecule has 0 unspecified atom stereocenters. The van der Waals surface area contributed by atoms with Gasteiger partial charge < -0.3 is 15.5 Å². The van der Waals surface area contributed by atoms with Crippen LogP contribution in [0.1, 0.15) is 11.3 Å². The summed E-state index contributed by atoms with van der Waals surface area (Å²) in [6.07, 6.45) is 5.86. The second kappa shape index (κ2) is 9.49. The Morgan fingerprint density at radius 3 is 2.39 bits per heavy atom. The van der Waals surface area contributed by atoms with E-state index in [-0.39, 0.29) is 5.95 Å². The number of benzene rings is 1. The maximum Gasteiger partial charge on any atom is 0.257 e. The lowest BCUT2D eigenvalue weighted by Crippen LogP contribution is -2.46. The number of aromatic nitrogens is 5. The zero-order chi connectivity index (χ0) is 23.5. The molecule has 1 aromatic carbocycles. The van der Waals surface area contributed by atoms with Gasteiger partial charge in [-0.1, -0.05) is 12.2 Å². The minimum Gasteiger partial charge on any atom is -0.369 e. The summed E-state index contributed by atoms with van der Waals surface area (Å²) in [6.45, 7) is 5.74. The summed E-state index contributed by atoms with van der Waals surface area (Å²) in [4.78, 5) is 18.8. The molecule has 174 valence electrons. The van der Waals surface area contributed by atoms with Crippen molar-refractivity contribution in [2.75, 3.05) is 62.4 Å². The largest absolute Gasteiger partial charge is 0.369 e. The first-order valence-corrected chi connectivity index (χ1v) is 10.6. The number of hydrogen-bond acceptors (Lipinski definition) is 8. The number of nitrogens with two attached hydrogens (primary N) is 1. The van der Waals surface area contributed by atoms with Gasteiger partial charge in [-0.2, -0.15) is 20.1 Å². The first-order chi connectivity index (χ1) is 15.8. The molecule has 1 aliphatic rings. The van der Waals surface area contributed by atoms with Gasteiger partial charge in [0.25, 0.3) is 5.95 Å². The minimum absolute atomic E-state index is 0.135. The van der Waals surface area contributed by atoms with Gasteiger partial charge in [0.2, 0.25) is 11.9 Å². The van der Waals surface area contributed by atoms with Gasteiger partial charge in [-0.25, -0.2) is 13.5 Å². The number of nitrogen functional groups attached to an aromatic ring is 1. The highest BCUT2D eigenvalue weighted by Gasteiger charge is 2.18. The minimum atomic E-state index is -0.552. The van der Waals surface area contributed by atoms with E-state index >= 15 is 0 Å². The molecule has 0 aliphatic carbocycles. The Kier molecular flexibility index (Phi) is 6.50. The van der Waals surface area contributed by atoms with Gasteiger partial charge in [0.05, 0.1) is 11.9 Å². The van der Waals surface area contributed by atoms with Crippen molar-refractivity contribution >= 4 is 23.7 Å². The Hall–Kier alpha value is -3.60. The molecule has 0 saturated carbocycles. The number of halogens is 2. The fraction of sp³-hybridized carbons (Fsp3) is 0.364. The van der Waals surface area contributed by atoms with Crippen molar-refractivity contribution in [3.8, 4) is 5.95 Å². The number of hydrogen-bond donors (Lipinski definition) is 1. The normalized spacial score (nSPS) is 14.9. The number of anilines is 3. The van der Waals surface area contributed by atoms with E-state index in [1.165, 1.54) is 12.1 Å². The highest BCUT2D eigenvalue weighted by atomic mass is 19.1. The summed E-state index contributed by atoms with van der Waals surface area (Å²) in [6, 6.07) is 3.65. The fourth-order valence-corrected chi connectivity index (χ4v) is 3.69. The molecule has 0 radical (unpaired) electrons. The van der Waals surface area contributed by atoms with E-state index in [4.69, 9.17) is 5.73 Å². The Bertz CT molecular complexity index is 1130. The first kappa shape index (κ1) is 22.6. The molecule has 1 fully saturated rings. The number of nitrogens with zero attached hydrogens (tertiary/aromatic N) is 8. The molecular formula is C22H27F2N9. The van der Waals surface area contributed by atoms with Crippen molar-refractivity contribution in [2.45, 2.75) is 6.92 Å². The van der Waals surface area contributed by atoms with Gasteiger partial charge in [-0.05, 0) is 19.1 Å². The van der Waals surface area contributed by atoms with Crippen LogP contribution in [0, 0.1) is 18.6 Å². The average Bonchev–Trinajstić information content (AvgIpc) is 3.13. The third kappa shape index (κ3) is 5.25. The number of piperazine rings is 1. The lowest BCUT2D eigenvalue weighted by Gasteiger charge is -2.35. The van der Waals surface area contributed by atoms with Crippen LogP contribution < -0.4 is 15.5 Å². The summed E-state index contributed by atoms with van der Waals surface area (Å²) in [5.74, 6) is -0.137. The summed E-state index contributed by atoms with van der Waals surface area (Å²) >= 11 is 0. The van der Waals surface area contributed by atoms with Crippen LogP contribution in [0.3, 0.4) is 0 Å². The van der Waals surface area contributed by atoms with E-state index in [1.807, 2.05) is 32.0 Å². The predicted molar refractivity (Wildman–Crippen MR) is 124 cm³/mol. The zero-order valence-electron chi connectivity index (χ0n) is 18.9. The van der Waals surface area contributed by atoms with Gasteiger partial charge in [0.15, 0.2) is 0 Å². The lowest BCUT2D eigenvalue weighted by atomic mass is 10.2. The molecule has 33 heavy (non-hydrogen) atoms. The topological polar surface area (TPSA) is 92.2 Å². The Morgan fingerprint density at radius 1 is 1.03 bits per heavy atom. The smallest absolute Gasteiger partial charge is 0.257 e. The Morgan fingerprint density at radius 2 is 1.73 bits per heavy atom. The molecule has 1 aliphatic heterocycles. The van der Waals surface area contributed by atoms with Crippen molar-refractivity contribution in [3.63, 3.8) is 0 Å². The third-order valence-electron chi connectivity index (χ3n) is 5.51. The molecule has 0 spiro atoms. The Balaban J connectivity index is 1.37. The van der Waals surface area contributed by atoms with E-state index in [0.29, 0.717) is 30.7 Å². The zero-order valence-corrected chi connectivity index (χ0v) is 18.9. The molecule has 2 aromatic heterocycles. The van der Waals surface area contributed by atoms with Crippen molar-refractivity contribution < 1.29 is 8.78 Å². The highest BCUT2D eigenvalue weighted by Crippen LogP contribution is 2.20. The summed E-state index contributed by atoms with van der Waals surface area (Å²) < 4.78 is 28.6. The average molecular weight is 456 g/mol. The molecule has 3 heterocycles. The molecule has 4 rings (SSSR count). The van der Waals surface area contributed by atoms with Gasteiger partial charge in [-0.15, -0.1) is 0 Å². The van der Waals surface area contributed by atoms with Crippen molar-refractivity contribution in [1.82, 2.24) is 29.6 Å². The maximum atomic E-state index is 13.5. The monoisotopic (exact) mass is 455 g/mol. The quantitative estimate of drug-likeness (QED) is 0.605. The molecule has 1 saturated heterocycles. The van der Waals surface area contributed by atoms with E-state index < -0.39 is 11.6 Å². The third-order valence-corrected chi connectivity index (χ3v) is 5.51. The molecule has 9 nitrogen and oxygen atoms in total. The summed E-state index contributed by atoms with van der Waals surface area (Å²) in [5, 5.41) is 4.41. The van der Waals surface area contributed by atoms with E-state index in [0.717, 1.165) is 37.0 Å². The van der Waals surface area contributed by atoms with Crippen LogP contribution in [-0.2, 0) is 0 Å². The SMILES string of the molecule is Cc1c(C=CCN2CCN(c3cc(F)cc(F)c3)CC2)cnn1-c1nc(N)nc(N(C)C)n1. The lowest BCUT2D eigenvalue weighted by molar-refractivity contribution is 0.284. The van der Waals surface area contributed by atoms with Gasteiger partial charge in [-0.3, -0.25) is 4.90 Å². The predicted octanol–water partition coefficient (Wildman–Crippen LogP) is 2.13. The molecule has 2 N–H and O–H groups in total. The molecule has 0 atom stereocenters. The van der Waals surface area contributed by atoms with Crippen molar-refractivity contribution in [3.05, 3.63) is 53.4 Å². The van der Waals surface area contributed by atoms with Crippen LogP contribution in [0.15, 0.2) is 30.5 Å². The van der Waals surface area contributed by atoms with E-state index in [9.17, 15) is 8.78 Å². The van der Waals surface area contributed by atoms with E-state index in [2.05, 4.69) is 31.0 Å². The van der Waals surface area contributed by atoms with Crippen LogP contribution in [0.5, 0.6) is 0 Å². The van der Waals surface area contributed by atoms with Crippen LogP contribution in [0.25, 0.3) is 12.0 Å². The van der Waals surface area contributed by atoms with Crippen LogP contribution in [-0.4, -0.2) is 76.5 Å². The van der Waals surface area contributed by atoms with Gasteiger partial charge in [0, 0.05) is 64.1 Å².